The first-order chi connectivity index (χ1) is 18.6. The minimum absolute atomic E-state index is 0.144. The minimum atomic E-state index is -0.176. The van der Waals surface area contributed by atoms with Crippen LogP contribution in [0.4, 0.5) is 11.4 Å². The van der Waals surface area contributed by atoms with Gasteiger partial charge in [-0.2, -0.15) is 0 Å². The Morgan fingerprint density at radius 2 is 1.40 bits per heavy atom. The van der Waals surface area contributed by atoms with Gasteiger partial charge in [0.2, 0.25) is 0 Å². The minimum Gasteiger partial charge on any atom is -0.309 e. The Morgan fingerprint density at radius 1 is 0.850 bits per heavy atom. The molecule has 5 rings (SSSR count). The topological polar surface area (TPSA) is 3.24 Å². The van der Waals surface area contributed by atoms with Crippen molar-refractivity contribution < 1.29 is 0 Å². The lowest BCUT2D eigenvalue weighted by Crippen LogP contribution is -2.46. The molecule has 0 saturated carbocycles. The molecule has 0 bridgehead atoms. The van der Waals surface area contributed by atoms with Crippen molar-refractivity contribution in [3.05, 3.63) is 136 Å². The molecule has 0 amide bonds. The standard InChI is InChI=1S/C39H45N/c1-14-17-23(3)25(5)24(4)20-28(15-2)29-21-32-36-33(22-29)39(12,13)31-19-16-18-30-35(31)40(36)34(26(6)37(30,8)9)27(7)38(32,10)11/h14-22H,2,4,6H2,1,3,5,7-13H3/b17-14-,25-23-,28-20+. The van der Waals surface area contributed by atoms with Crippen molar-refractivity contribution in [3.63, 3.8) is 0 Å². The van der Waals surface area contributed by atoms with Gasteiger partial charge in [-0.1, -0.05) is 97.7 Å². The van der Waals surface area contributed by atoms with Crippen molar-refractivity contribution in [2.24, 2.45) is 0 Å². The van der Waals surface area contributed by atoms with Crippen LogP contribution in [0.25, 0.3) is 5.57 Å². The number of benzene rings is 2. The molecule has 3 heterocycles. The number of hydrogen-bond donors (Lipinski definition) is 0. The molecule has 0 radical (unpaired) electrons. The highest BCUT2D eigenvalue weighted by Gasteiger charge is 2.51. The zero-order chi connectivity index (χ0) is 29.5. The van der Waals surface area contributed by atoms with Crippen molar-refractivity contribution in [1.29, 1.82) is 0 Å². The Bertz CT molecular complexity index is 1640. The van der Waals surface area contributed by atoms with Crippen molar-refractivity contribution >= 4 is 16.9 Å². The number of rotatable bonds is 5. The Morgan fingerprint density at radius 3 is 1.98 bits per heavy atom. The van der Waals surface area contributed by atoms with E-state index in [1.165, 1.54) is 67.2 Å². The summed E-state index contributed by atoms with van der Waals surface area (Å²) in [6, 6.07) is 11.7. The van der Waals surface area contributed by atoms with Crippen LogP contribution in [0, 0.1) is 0 Å². The van der Waals surface area contributed by atoms with Gasteiger partial charge in [0.25, 0.3) is 0 Å². The maximum Gasteiger partial charge on any atom is 0.0544 e. The smallest absolute Gasteiger partial charge is 0.0544 e. The van der Waals surface area contributed by atoms with E-state index < -0.39 is 0 Å². The molecule has 40 heavy (non-hydrogen) atoms. The molecule has 3 aliphatic heterocycles. The van der Waals surface area contributed by atoms with E-state index in [1.54, 1.807) is 0 Å². The number of hydrogen-bond acceptors (Lipinski definition) is 1. The fraction of sp³-hybridized carbons (Fsp3) is 0.333. The molecule has 0 N–H and O–H groups in total. The van der Waals surface area contributed by atoms with Crippen LogP contribution in [0.15, 0.2) is 108 Å². The van der Waals surface area contributed by atoms with E-state index in [1.807, 2.05) is 13.0 Å². The molecule has 3 aliphatic rings. The molecule has 0 spiro atoms. The van der Waals surface area contributed by atoms with Crippen LogP contribution in [0.5, 0.6) is 0 Å². The highest BCUT2D eigenvalue weighted by Crippen LogP contribution is 2.64. The highest BCUT2D eigenvalue weighted by atomic mass is 15.2. The molecule has 0 fully saturated rings. The maximum absolute atomic E-state index is 4.72. The van der Waals surface area contributed by atoms with E-state index >= 15 is 0 Å². The van der Waals surface area contributed by atoms with Crippen LogP contribution in [-0.2, 0) is 16.2 Å². The fourth-order valence-corrected chi connectivity index (χ4v) is 6.94. The van der Waals surface area contributed by atoms with E-state index in [0.717, 1.165) is 11.1 Å². The van der Waals surface area contributed by atoms with Gasteiger partial charge in [0, 0.05) is 21.9 Å². The van der Waals surface area contributed by atoms with Crippen LogP contribution in [-0.4, -0.2) is 0 Å². The predicted octanol–water partition coefficient (Wildman–Crippen LogP) is 10.9. The predicted molar refractivity (Wildman–Crippen MR) is 176 cm³/mol. The normalized spacial score (nSPS) is 20.4. The molecule has 0 unspecified atom stereocenters. The summed E-state index contributed by atoms with van der Waals surface area (Å²) in [7, 11) is 0. The molecule has 0 atom stereocenters. The van der Waals surface area contributed by atoms with Gasteiger partial charge in [-0.25, -0.2) is 0 Å². The summed E-state index contributed by atoms with van der Waals surface area (Å²) in [4.78, 5) is 2.56. The zero-order valence-corrected chi connectivity index (χ0v) is 26.3. The van der Waals surface area contributed by atoms with E-state index in [4.69, 9.17) is 6.58 Å². The summed E-state index contributed by atoms with van der Waals surface area (Å²) >= 11 is 0. The van der Waals surface area contributed by atoms with Crippen molar-refractivity contribution in [2.75, 3.05) is 4.90 Å². The monoisotopic (exact) mass is 527 g/mol. The third-order valence-corrected chi connectivity index (χ3v) is 10.2. The molecular weight excluding hydrogens is 482 g/mol. The van der Waals surface area contributed by atoms with Gasteiger partial charge >= 0.3 is 0 Å². The molecule has 2 aromatic carbocycles. The first-order valence-corrected chi connectivity index (χ1v) is 14.5. The second-order valence-electron chi connectivity index (χ2n) is 13.4. The van der Waals surface area contributed by atoms with Gasteiger partial charge in [0.15, 0.2) is 0 Å². The SMILES string of the molecule is C=C/C(=C\C(=C)/C(C)=C(C)\C=C/C)c1cc2c3c(c1)C(C)(C)c1cccc4c1N3C(=C(C)C2(C)C)C(=C)C4(C)C. The molecular formula is C39H45N. The average Bonchev–Trinajstić information content (AvgIpc) is 2.90. The van der Waals surface area contributed by atoms with Gasteiger partial charge in [-0.3, -0.25) is 0 Å². The Kier molecular flexibility index (Phi) is 6.27. The summed E-state index contributed by atoms with van der Waals surface area (Å²) in [6.45, 7) is 36.2. The molecule has 0 saturated heterocycles. The van der Waals surface area contributed by atoms with Gasteiger partial charge in [-0.15, -0.1) is 0 Å². The lowest BCUT2D eigenvalue weighted by atomic mass is 9.60. The molecule has 0 aromatic heterocycles. The van der Waals surface area contributed by atoms with Gasteiger partial charge in [0.05, 0.1) is 11.4 Å². The van der Waals surface area contributed by atoms with Crippen LogP contribution < -0.4 is 4.90 Å². The van der Waals surface area contributed by atoms with Gasteiger partial charge < -0.3 is 4.90 Å². The van der Waals surface area contributed by atoms with Gasteiger partial charge in [-0.05, 0) is 107 Å². The Hall–Kier alpha value is -3.58. The zero-order valence-electron chi connectivity index (χ0n) is 26.3. The number of anilines is 2. The second kappa shape index (κ2) is 8.96. The highest BCUT2D eigenvalue weighted by molar-refractivity contribution is 5.94. The van der Waals surface area contributed by atoms with Crippen LogP contribution in [0.1, 0.15) is 97.1 Å². The largest absolute Gasteiger partial charge is 0.309 e. The van der Waals surface area contributed by atoms with Crippen LogP contribution in [0.2, 0.25) is 0 Å². The second-order valence-corrected chi connectivity index (χ2v) is 13.4. The third kappa shape index (κ3) is 3.59. The van der Waals surface area contributed by atoms with Crippen LogP contribution >= 0.6 is 0 Å². The van der Waals surface area contributed by atoms with Gasteiger partial charge in [0.1, 0.15) is 0 Å². The maximum atomic E-state index is 4.72. The Labute approximate surface area is 242 Å². The molecule has 2 aromatic rings. The average molecular weight is 528 g/mol. The van der Waals surface area contributed by atoms with Crippen molar-refractivity contribution in [2.45, 2.75) is 85.5 Å². The summed E-state index contributed by atoms with van der Waals surface area (Å²) in [6.07, 6.45) is 8.39. The van der Waals surface area contributed by atoms with E-state index in [2.05, 4.69) is 129 Å². The lowest BCUT2D eigenvalue weighted by molar-refractivity contribution is 0.542. The number of para-hydroxylation sites is 1. The van der Waals surface area contributed by atoms with Crippen molar-refractivity contribution in [3.8, 4) is 0 Å². The van der Waals surface area contributed by atoms with Crippen LogP contribution in [0.3, 0.4) is 0 Å². The molecule has 1 nitrogen and oxygen atoms in total. The molecule has 206 valence electrons. The quantitative estimate of drug-likeness (QED) is 0.350. The summed E-state index contributed by atoms with van der Waals surface area (Å²) in [5.74, 6) is 0. The Balaban J connectivity index is 1.85. The van der Waals surface area contributed by atoms with E-state index in [-0.39, 0.29) is 16.2 Å². The summed E-state index contributed by atoms with van der Waals surface area (Å²) < 4.78 is 0. The molecule has 1 heteroatoms. The molecule has 0 aliphatic carbocycles. The third-order valence-electron chi connectivity index (χ3n) is 10.2. The van der Waals surface area contributed by atoms with E-state index in [0.29, 0.717) is 0 Å². The number of nitrogens with zero attached hydrogens (tertiary/aromatic N) is 1. The first-order valence-electron chi connectivity index (χ1n) is 14.5. The summed E-state index contributed by atoms with van der Waals surface area (Å²) in [5.41, 5.74) is 17.2. The fourth-order valence-electron chi connectivity index (χ4n) is 6.94. The van der Waals surface area contributed by atoms with E-state index in [9.17, 15) is 0 Å². The number of allylic oxidation sites excluding steroid dienone is 10. The summed E-state index contributed by atoms with van der Waals surface area (Å²) in [5, 5.41) is 0. The van der Waals surface area contributed by atoms with Crippen molar-refractivity contribution in [1.82, 2.24) is 0 Å². The lowest BCUT2D eigenvalue weighted by Gasteiger charge is -2.56. The first kappa shape index (κ1) is 28.0.